The van der Waals surface area contributed by atoms with Crippen molar-refractivity contribution in [1.82, 2.24) is 28.7 Å². The number of hydrogen-bond acceptors (Lipinski definition) is 6. The molecule has 0 radical (unpaired) electrons. The van der Waals surface area contributed by atoms with Crippen molar-refractivity contribution < 1.29 is 13.2 Å². The van der Waals surface area contributed by atoms with Gasteiger partial charge in [0.2, 0.25) is 0 Å². The van der Waals surface area contributed by atoms with Crippen LogP contribution >= 0.6 is 0 Å². The summed E-state index contributed by atoms with van der Waals surface area (Å²) in [6, 6.07) is 0. The van der Waals surface area contributed by atoms with Gasteiger partial charge in [0.1, 0.15) is 17.5 Å². The number of aryl methyl sites for hydroxylation is 3. The van der Waals surface area contributed by atoms with Crippen LogP contribution in [-0.4, -0.2) is 28.7 Å². The van der Waals surface area contributed by atoms with Crippen molar-refractivity contribution >= 4 is 0 Å². The number of halogens is 3. The first kappa shape index (κ1) is 32.0. The third-order valence-electron chi connectivity index (χ3n) is 7.88. The Morgan fingerprint density at radius 2 is 1.44 bits per heavy atom. The lowest BCUT2D eigenvalue weighted by Gasteiger charge is -2.29. The molecule has 1 unspecified atom stereocenters. The predicted octanol–water partition coefficient (Wildman–Crippen LogP) is 3.98. The molecule has 0 aliphatic rings. The maximum atomic E-state index is 14.0. The van der Waals surface area contributed by atoms with Crippen molar-refractivity contribution in [3.63, 3.8) is 0 Å². The minimum atomic E-state index is -4.83. The molecule has 0 fully saturated rings. The molecule has 1 atom stereocenters. The third kappa shape index (κ3) is 6.20. The van der Waals surface area contributed by atoms with E-state index in [1.165, 1.54) is 44.0 Å². The molecule has 0 N–H and O–H groups in total. The largest absolute Gasteiger partial charge is 0.433 e. The van der Waals surface area contributed by atoms with Crippen LogP contribution in [0.2, 0.25) is 0 Å². The van der Waals surface area contributed by atoms with Crippen molar-refractivity contribution in [3.05, 3.63) is 82.8 Å². The second kappa shape index (κ2) is 11.4. The predicted molar refractivity (Wildman–Crippen MR) is 150 cm³/mol. The van der Waals surface area contributed by atoms with Crippen molar-refractivity contribution in [2.45, 2.75) is 91.2 Å². The van der Waals surface area contributed by atoms with Crippen LogP contribution in [0.1, 0.15) is 98.4 Å². The Morgan fingerprint density at radius 3 is 2.00 bits per heavy atom. The van der Waals surface area contributed by atoms with E-state index in [1.807, 2.05) is 20.8 Å². The van der Waals surface area contributed by atoms with Crippen molar-refractivity contribution in [2.75, 3.05) is 0 Å². The van der Waals surface area contributed by atoms with E-state index in [-0.39, 0.29) is 41.0 Å². The monoisotopic (exact) mass is 576 g/mol. The summed E-state index contributed by atoms with van der Waals surface area (Å²) in [6.45, 7) is 11.9. The molecule has 3 aromatic rings. The van der Waals surface area contributed by atoms with Gasteiger partial charge < -0.3 is 0 Å². The molecule has 0 saturated heterocycles. The normalized spacial score (nSPS) is 13.2. The summed E-state index contributed by atoms with van der Waals surface area (Å²) >= 11 is 0. The van der Waals surface area contributed by atoms with Gasteiger partial charge in [-0.3, -0.25) is 28.1 Å². The second-order valence-corrected chi connectivity index (χ2v) is 11.8. The smallest absolute Gasteiger partial charge is 0.300 e. The van der Waals surface area contributed by atoms with Crippen LogP contribution in [-0.2, 0) is 45.6 Å². The molecule has 9 nitrogen and oxygen atoms in total. The van der Waals surface area contributed by atoms with E-state index in [4.69, 9.17) is 0 Å². The third-order valence-corrected chi connectivity index (χ3v) is 7.88. The minimum absolute atomic E-state index is 0.0484. The van der Waals surface area contributed by atoms with Crippen LogP contribution in [0.5, 0.6) is 0 Å². The van der Waals surface area contributed by atoms with Crippen LogP contribution in [0, 0.1) is 13.8 Å². The lowest BCUT2D eigenvalue weighted by molar-refractivity contribution is -0.142. The van der Waals surface area contributed by atoms with E-state index in [1.54, 1.807) is 20.2 Å². The maximum absolute atomic E-state index is 14.0. The highest BCUT2D eigenvalue weighted by Crippen LogP contribution is 2.36. The second-order valence-electron chi connectivity index (χ2n) is 11.8. The van der Waals surface area contributed by atoms with E-state index in [0.29, 0.717) is 35.5 Å². The lowest BCUT2D eigenvalue weighted by atomic mass is 9.80. The van der Waals surface area contributed by atoms with Gasteiger partial charge in [-0.2, -0.15) is 13.2 Å². The van der Waals surface area contributed by atoms with Gasteiger partial charge in [-0.25, -0.2) is 15.0 Å². The Balaban J connectivity index is 1.96. The average Bonchev–Trinajstić information content (AvgIpc) is 2.85. The number of nitrogens with zero attached hydrogens (tertiary/aromatic N) is 6. The van der Waals surface area contributed by atoms with Crippen molar-refractivity contribution in [3.8, 4) is 0 Å². The molecule has 0 amide bonds. The first-order valence-electron chi connectivity index (χ1n) is 13.6. The summed E-state index contributed by atoms with van der Waals surface area (Å²) in [6.07, 6.45) is -2.31. The molecule has 3 heterocycles. The van der Waals surface area contributed by atoms with Gasteiger partial charge in [0, 0.05) is 62.4 Å². The van der Waals surface area contributed by atoms with Gasteiger partial charge in [-0.15, -0.1) is 0 Å². The molecular formula is C29H39F3N6O3. The first-order valence-corrected chi connectivity index (χ1v) is 13.6. The van der Waals surface area contributed by atoms with E-state index < -0.39 is 28.4 Å². The van der Waals surface area contributed by atoms with Gasteiger partial charge in [-0.1, -0.05) is 34.6 Å². The molecule has 0 bridgehead atoms. The molecule has 12 heteroatoms. The number of alkyl halides is 3. The summed E-state index contributed by atoms with van der Waals surface area (Å²) in [5.41, 5.74) is -2.62. The molecule has 224 valence electrons. The van der Waals surface area contributed by atoms with E-state index in [2.05, 4.69) is 15.0 Å². The van der Waals surface area contributed by atoms with Gasteiger partial charge in [0.05, 0.1) is 5.56 Å². The molecule has 41 heavy (non-hydrogen) atoms. The van der Waals surface area contributed by atoms with Crippen LogP contribution in [0.3, 0.4) is 0 Å². The standard InChI is InChI=1S/C29H39F3N6O3/c1-15(2)19-14-33-20(37(9)25(19)39)12-11-16(3)22-17(4)34-21(38(10)26(22)40)13-28(6,7)23-24(29(30,31)32)35-18(5)36(8)27(23)41/h14-16H,11-13H2,1-10H3. The summed E-state index contributed by atoms with van der Waals surface area (Å²) < 4.78 is 45.8. The molecule has 0 aliphatic carbocycles. The number of aromatic nitrogens is 6. The van der Waals surface area contributed by atoms with Crippen molar-refractivity contribution in [2.24, 2.45) is 21.1 Å². The Morgan fingerprint density at radius 1 is 0.854 bits per heavy atom. The zero-order valence-corrected chi connectivity index (χ0v) is 25.4. The Bertz CT molecular complexity index is 1650. The Kier molecular flexibility index (Phi) is 8.86. The molecule has 3 rings (SSSR count). The fourth-order valence-corrected chi connectivity index (χ4v) is 5.23. The van der Waals surface area contributed by atoms with E-state index in [9.17, 15) is 27.6 Å². The van der Waals surface area contributed by atoms with Gasteiger partial charge in [0.25, 0.3) is 16.7 Å². The first-order chi connectivity index (χ1) is 18.8. The van der Waals surface area contributed by atoms with Gasteiger partial charge in [-0.05, 0) is 32.1 Å². The van der Waals surface area contributed by atoms with Crippen LogP contribution in [0.25, 0.3) is 0 Å². The average molecular weight is 577 g/mol. The minimum Gasteiger partial charge on any atom is -0.300 e. The number of hydrogen-bond donors (Lipinski definition) is 0. The van der Waals surface area contributed by atoms with Gasteiger partial charge in [0.15, 0.2) is 5.69 Å². The molecular weight excluding hydrogens is 537 g/mol. The number of rotatable bonds is 8. The Hall–Kier alpha value is -3.57. The summed E-state index contributed by atoms with van der Waals surface area (Å²) in [5.74, 6) is 0.654. The highest BCUT2D eigenvalue weighted by molar-refractivity contribution is 5.31. The lowest BCUT2D eigenvalue weighted by Crippen LogP contribution is -2.40. The molecule has 0 aromatic carbocycles. The zero-order valence-electron chi connectivity index (χ0n) is 25.4. The van der Waals surface area contributed by atoms with Crippen LogP contribution < -0.4 is 16.7 Å². The summed E-state index contributed by atoms with van der Waals surface area (Å²) in [5, 5.41) is 0. The molecule has 0 saturated carbocycles. The van der Waals surface area contributed by atoms with Gasteiger partial charge >= 0.3 is 6.18 Å². The fraction of sp³-hybridized carbons (Fsp3) is 0.586. The van der Waals surface area contributed by atoms with Crippen LogP contribution in [0.4, 0.5) is 13.2 Å². The summed E-state index contributed by atoms with van der Waals surface area (Å²) in [4.78, 5) is 52.0. The SMILES string of the molecule is Cc1nc(CC(C)(C)c2c(C(F)(F)F)nc(C)n(C)c2=O)n(C)c(=O)c1C(C)CCc1ncc(C(C)C)c(=O)n1C. The Labute approximate surface area is 237 Å². The molecule has 0 spiro atoms. The quantitative estimate of drug-likeness (QED) is 0.402. The highest BCUT2D eigenvalue weighted by Gasteiger charge is 2.43. The highest BCUT2D eigenvalue weighted by atomic mass is 19.4. The maximum Gasteiger partial charge on any atom is 0.433 e. The van der Waals surface area contributed by atoms with Crippen molar-refractivity contribution in [1.29, 1.82) is 0 Å². The van der Waals surface area contributed by atoms with E-state index in [0.717, 1.165) is 4.57 Å². The van der Waals surface area contributed by atoms with E-state index >= 15 is 0 Å². The fourth-order valence-electron chi connectivity index (χ4n) is 5.23. The topological polar surface area (TPSA) is 105 Å². The summed E-state index contributed by atoms with van der Waals surface area (Å²) in [7, 11) is 4.60. The zero-order chi connectivity index (χ0) is 31.2. The molecule has 0 aliphatic heterocycles. The molecule has 3 aromatic heterocycles. The van der Waals surface area contributed by atoms with Crippen LogP contribution in [0.15, 0.2) is 20.6 Å².